The van der Waals surface area contributed by atoms with E-state index < -0.39 is 0 Å². The minimum Gasteiger partial charge on any atom is -0.354 e. The topological polar surface area (TPSA) is 35.6 Å². The van der Waals surface area contributed by atoms with Crippen molar-refractivity contribution in [2.45, 2.75) is 39.2 Å². The van der Waals surface area contributed by atoms with Gasteiger partial charge in [-0.15, -0.1) is 0 Å². The summed E-state index contributed by atoms with van der Waals surface area (Å²) in [7, 11) is 0. The lowest BCUT2D eigenvalue weighted by Gasteiger charge is -2.27. The van der Waals surface area contributed by atoms with Gasteiger partial charge in [0, 0.05) is 26.2 Å². The average Bonchev–Trinajstić information content (AvgIpc) is 2.85. The van der Waals surface area contributed by atoms with Crippen molar-refractivity contribution in [3.05, 3.63) is 35.9 Å². The summed E-state index contributed by atoms with van der Waals surface area (Å²) < 4.78 is 0. The minimum absolute atomic E-state index is 0.0465. The number of nitrogens with one attached hydrogen (secondary N) is 1. The van der Waals surface area contributed by atoms with Crippen LogP contribution in [0.4, 0.5) is 0 Å². The molecule has 0 aromatic heterocycles. The molecule has 1 aromatic rings. The molecule has 1 N–H and O–H groups in total. The van der Waals surface area contributed by atoms with E-state index in [9.17, 15) is 4.79 Å². The highest BCUT2D eigenvalue weighted by atomic mass is 16.2. The molecule has 2 rings (SSSR count). The molecule has 1 aromatic carbocycles. The van der Waals surface area contributed by atoms with Gasteiger partial charge in [-0.2, -0.15) is 0 Å². The molecule has 128 valence electrons. The van der Waals surface area contributed by atoms with E-state index in [1.165, 1.54) is 5.56 Å². The Labute approximate surface area is 140 Å². The predicted octanol–water partition coefficient (Wildman–Crippen LogP) is 2.32. The molecule has 0 aliphatic carbocycles. The molecule has 1 amide bonds. The van der Waals surface area contributed by atoms with Gasteiger partial charge in [-0.05, 0) is 37.9 Å². The Balaban J connectivity index is 1.80. The molecule has 23 heavy (non-hydrogen) atoms. The van der Waals surface area contributed by atoms with Crippen LogP contribution in [0, 0.1) is 0 Å². The van der Waals surface area contributed by atoms with Gasteiger partial charge in [0.2, 0.25) is 5.91 Å². The van der Waals surface area contributed by atoms with Gasteiger partial charge in [0.25, 0.3) is 0 Å². The van der Waals surface area contributed by atoms with E-state index in [-0.39, 0.29) is 11.9 Å². The van der Waals surface area contributed by atoms with Crippen molar-refractivity contribution in [1.82, 2.24) is 15.1 Å². The lowest BCUT2D eigenvalue weighted by atomic mass is 10.0. The molecule has 1 heterocycles. The van der Waals surface area contributed by atoms with Gasteiger partial charge in [-0.25, -0.2) is 0 Å². The smallest absolute Gasteiger partial charge is 0.237 e. The maximum atomic E-state index is 12.5. The van der Waals surface area contributed by atoms with Gasteiger partial charge in [-0.3, -0.25) is 9.69 Å². The van der Waals surface area contributed by atoms with Crippen molar-refractivity contribution in [3.63, 3.8) is 0 Å². The van der Waals surface area contributed by atoms with E-state index in [1.54, 1.807) is 0 Å². The van der Waals surface area contributed by atoms with Crippen molar-refractivity contribution in [1.29, 1.82) is 0 Å². The van der Waals surface area contributed by atoms with E-state index in [0.29, 0.717) is 12.5 Å². The number of carbonyl (C=O) groups is 1. The molecule has 1 fully saturated rings. The second-order valence-electron chi connectivity index (χ2n) is 6.56. The van der Waals surface area contributed by atoms with Crippen LogP contribution in [0.1, 0.15) is 38.7 Å². The van der Waals surface area contributed by atoms with Crippen LogP contribution in [0.15, 0.2) is 30.3 Å². The van der Waals surface area contributed by atoms with Crippen LogP contribution >= 0.6 is 0 Å². The van der Waals surface area contributed by atoms with Gasteiger partial charge >= 0.3 is 0 Å². The molecule has 2 atom stereocenters. The molecule has 4 nitrogen and oxygen atoms in total. The van der Waals surface area contributed by atoms with E-state index in [0.717, 1.165) is 39.1 Å². The molecule has 0 radical (unpaired) electrons. The monoisotopic (exact) mass is 317 g/mol. The molecular formula is C19H31N3O. The second-order valence-corrected chi connectivity index (χ2v) is 6.56. The summed E-state index contributed by atoms with van der Waals surface area (Å²) in [4.78, 5) is 17.3. The first kappa shape index (κ1) is 18.0. The molecule has 0 spiro atoms. The average molecular weight is 317 g/mol. The van der Waals surface area contributed by atoms with E-state index in [4.69, 9.17) is 0 Å². The molecule has 1 saturated heterocycles. The first-order valence-electron chi connectivity index (χ1n) is 8.91. The molecule has 4 heteroatoms. The fraction of sp³-hybridized carbons (Fsp3) is 0.632. The fourth-order valence-electron chi connectivity index (χ4n) is 3.16. The van der Waals surface area contributed by atoms with Gasteiger partial charge in [0.15, 0.2) is 0 Å². The third-order valence-corrected chi connectivity index (χ3v) is 4.95. The number of amides is 1. The number of hydrogen-bond acceptors (Lipinski definition) is 3. The van der Waals surface area contributed by atoms with E-state index >= 15 is 0 Å². The fourth-order valence-corrected chi connectivity index (χ4v) is 3.16. The lowest BCUT2D eigenvalue weighted by molar-refractivity contribution is -0.125. The normalized spacial score (nSPS) is 19.8. The van der Waals surface area contributed by atoms with E-state index in [2.05, 4.69) is 41.1 Å². The largest absolute Gasteiger partial charge is 0.354 e. The van der Waals surface area contributed by atoms with Crippen LogP contribution < -0.4 is 5.32 Å². The quantitative estimate of drug-likeness (QED) is 0.875. The summed E-state index contributed by atoms with van der Waals surface area (Å²) in [5.41, 5.74) is 1.27. The molecule has 1 aliphatic rings. The van der Waals surface area contributed by atoms with Crippen molar-refractivity contribution in [2.24, 2.45) is 0 Å². The Hall–Kier alpha value is -1.39. The Morgan fingerprint density at radius 1 is 1.13 bits per heavy atom. The molecular weight excluding hydrogens is 286 g/mol. The van der Waals surface area contributed by atoms with Crippen LogP contribution in [0.3, 0.4) is 0 Å². The molecule has 0 unspecified atom stereocenters. The maximum absolute atomic E-state index is 12.5. The second kappa shape index (κ2) is 9.04. The van der Waals surface area contributed by atoms with Crippen LogP contribution in [-0.4, -0.2) is 61.0 Å². The first-order valence-corrected chi connectivity index (χ1v) is 8.91. The Kier molecular flexibility index (Phi) is 7.06. The zero-order valence-electron chi connectivity index (χ0n) is 14.8. The Bertz CT molecular complexity index is 477. The maximum Gasteiger partial charge on any atom is 0.237 e. The summed E-state index contributed by atoms with van der Waals surface area (Å²) in [5, 5.41) is 3.13. The number of nitrogens with zero attached hydrogens (tertiary/aromatic N) is 2. The van der Waals surface area contributed by atoms with Gasteiger partial charge in [0.05, 0.1) is 6.04 Å². The summed E-state index contributed by atoms with van der Waals surface area (Å²) >= 11 is 0. The van der Waals surface area contributed by atoms with Crippen LogP contribution in [0.25, 0.3) is 0 Å². The highest BCUT2D eigenvalue weighted by molar-refractivity contribution is 5.81. The number of carbonyl (C=O) groups excluding carboxylic acids is 1. The number of hydrogen-bond donors (Lipinski definition) is 1. The SMILES string of the molecule is CCN1CCCN([C@@H](C)C(=O)NC[C@@H](C)c2ccccc2)CC1. The standard InChI is InChI=1S/C19H31N3O/c1-4-21-11-8-12-22(14-13-21)17(3)19(23)20-15-16(2)18-9-6-5-7-10-18/h5-7,9-10,16-17H,4,8,11-15H2,1-3H3,(H,20,23)/t16-,17+/m1/s1. The summed E-state index contributed by atoms with van der Waals surface area (Å²) in [6.07, 6.45) is 1.14. The number of likely N-dealkylation sites (N-methyl/N-ethyl adjacent to an activating group) is 1. The highest BCUT2D eigenvalue weighted by Crippen LogP contribution is 2.13. The summed E-state index contributed by atoms with van der Waals surface area (Å²) in [5.74, 6) is 0.491. The Morgan fingerprint density at radius 2 is 1.87 bits per heavy atom. The van der Waals surface area contributed by atoms with Crippen molar-refractivity contribution >= 4 is 5.91 Å². The number of rotatable bonds is 6. The van der Waals surface area contributed by atoms with Crippen molar-refractivity contribution in [2.75, 3.05) is 39.3 Å². The van der Waals surface area contributed by atoms with E-state index in [1.807, 2.05) is 25.1 Å². The molecule has 0 saturated carbocycles. The number of benzene rings is 1. The van der Waals surface area contributed by atoms with Crippen molar-refractivity contribution < 1.29 is 4.79 Å². The zero-order chi connectivity index (χ0) is 16.7. The third-order valence-electron chi connectivity index (χ3n) is 4.95. The van der Waals surface area contributed by atoms with Gasteiger partial charge in [0.1, 0.15) is 0 Å². The first-order chi connectivity index (χ1) is 11.1. The van der Waals surface area contributed by atoms with Crippen molar-refractivity contribution in [3.8, 4) is 0 Å². The van der Waals surface area contributed by atoms with Gasteiger partial charge < -0.3 is 10.2 Å². The van der Waals surface area contributed by atoms with Crippen LogP contribution in [0.5, 0.6) is 0 Å². The van der Waals surface area contributed by atoms with Crippen LogP contribution in [0.2, 0.25) is 0 Å². The summed E-state index contributed by atoms with van der Waals surface area (Å²) in [6.45, 7) is 12.4. The van der Waals surface area contributed by atoms with Crippen LogP contribution in [-0.2, 0) is 4.79 Å². The molecule has 1 aliphatic heterocycles. The highest BCUT2D eigenvalue weighted by Gasteiger charge is 2.23. The predicted molar refractivity (Wildman–Crippen MR) is 95.6 cm³/mol. The van der Waals surface area contributed by atoms with Gasteiger partial charge in [-0.1, -0.05) is 44.2 Å². The zero-order valence-corrected chi connectivity index (χ0v) is 14.8. The molecule has 0 bridgehead atoms. The lowest BCUT2D eigenvalue weighted by Crippen LogP contribution is -2.47. The summed E-state index contributed by atoms with van der Waals surface area (Å²) in [6, 6.07) is 10.3. The third kappa shape index (κ3) is 5.33. The Morgan fingerprint density at radius 3 is 2.57 bits per heavy atom. The minimum atomic E-state index is -0.0465.